The van der Waals surface area contributed by atoms with Gasteiger partial charge < -0.3 is 15.1 Å². The highest BCUT2D eigenvalue weighted by Gasteiger charge is 2.28. The van der Waals surface area contributed by atoms with Crippen LogP contribution in [0.2, 0.25) is 0 Å². The molecule has 1 saturated heterocycles. The lowest BCUT2D eigenvalue weighted by Gasteiger charge is -2.29. The summed E-state index contributed by atoms with van der Waals surface area (Å²) in [5.41, 5.74) is 0.399. The van der Waals surface area contributed by atoms with Gasteiger partial charge in [0, 0.05) is 32.2 Å². The van der Waals surface area contributed by atoms with Crippen molar-refractivity contribution in [3.05, 3.63) is 0 Å². The van der Waals surface area contributed by atoms with Gasteiger partial charge in [-0.25, -0.2) is 0 Å². The van der Waals surface area contributed by atoms with Gasteiger partial charge in [0.15, 0.2) is 0 Å². The third-order valence-electron chi connectivity index (χ3n) is 3.12. The molecule has 1 fully saturated rings. The Kier molecular flexibility index (Phi) is 5.22. The van der Waals surface area contributed by atoms with E-state index in [9.17, 15) is 0 Å². The quantitative estimate of drug-likeness (QED) is 0.780. The van der Waals surface area contributed by atoms with Crippen molar-refractivity contribution in [3.8, 4) is 0 Å². The number of hydrogen-bond acceptors (Lipinski definition) is 3. The first-order valence-corrected chi connectivity index (χ1v) is 6.53. The Hall–Kier alpha value is -0.120. The number of likely N-dealkylation sites (N-methyl/N-ethyl adjacent to an activating group) is 1. The third-order valence-corrected chi connectivity index (χ3v) is 3.12. The molecule has 3 nitrogen and oxygen atoms in total. The number of nitrogens with zero attached hydrogens (tertiary/aromatic N) is 2. The zero-order valence-electron chi connectivity index (χ0n) is 11.7. The average Bonchev–Trinajstić information content (AvgIpc) is 2.25. The molecule has 0 saturated carbocycles. The van der Waals surface area contributed by atoms with Gasteiger partial charge in [-0.2, -0.15) is 0 Å². The highest BCUT2D eigenvalue weighted by atomic mass is 15.2. The second-order valence-corrected chi connectivity index (χ2v) is 6.24. The van der Waals surface area contributed by atoms with Gasteiger partial charge in [-0.3, -0.25) is 0 Å². The molecule has 16 heavy (non-hydrogen) atoms. The molecule has 1 atom stereocenters. The van der Waals surface area contributed by atoms with Gasteiger partial charge in [0.1, 0.15) is 0 Å². The van der Waals surface area contributed by atoms with Crippen LogP contribution in [0.25, 0.3) is 0 Å². The van der Waals surface area contributed by atoms with Gasteiger partial charge in [-0.05, 0) is 32.5 Å². The van der Waals surface area contributed by atoms with Crippen LogP contribution in [0.4, 0.5) is 0 Å². The van der Waals surface area contributed by atoms with Gasteiger partial charge >= 0.3 is 0 Å². The lowest BCUT2D eigenvalue weighted by molar-refractivity contribution is 0.197. The van der Waals surface area contributed by atoms with Crippen LogP contribution < -0.4 is 5.32 Å². The van der Waals surface area contributed by atoms with Crippen molar-refractivity contribution < 1.29 is 0 Å². The van der Waals surface area contributed by atoms with E-state index >= 15 is 0 Å². The first-order valence-electron chi connectivity index (χ1n) is 6.53. The molecule has 0 radical (unpaired) electrons. The smallest absolute Gasteiger partial charge is 0.0322 e. The van der Waals surface area contributed by atoms with Crippen molar-refractivity contribution in [2.45, 2.75) is 33.2 Å². The maximum absolute atomic E-state index is 3.71. The maximum atomic E-state index is 3.71. The predicted molar refractivity (Wildman–Crippen MR) is 70.9 cm³/mol. The van der Waals surface area contributed by atoms with E-state index in [-0.39, 0.29) is 0 Å². The Balaban J connectivity index is 2.57. The Bertz CT molecular complexity index is 201. The molecule has 1 aliphatic rings. The normalized spacial score (nSPS) is 27.0. The molecule has 0 spiro atoms. The lowest BCUT2D eigenvalue weighted by Crippen LogP contribution is -2.44. The summed E-state index contributed by atoms with van der Waals surface area (Å²) in [6.07, 6.45) is 1.25. The first-order chi connectivity index (χ1) is 7.43. The second kappa shape index (κ2) is 5.99. The summed E-state index contributed by atoms with van der Waals surface area (Å²) in [5, 5.41) is 3.71. The Morgan fingerprint density at radius 2 is 2.06 bits per heavy atom. The zero-order valence-corrected chi connectivity index (χ0v) is 11.7. The SMILES string of the molecule is CCCN1CC(CN(C)C)NCC(C)(C)C1. The van der Waals surface area contributed by atoms with Crippen molar-refractivity contribution in [2.75, 3.05) is 46.8 Å². The Morgan fingerprint density at radius 3 is 2.62 bits per heavy atom. The van der Waals surface area contributed by atoms with Crippen molar-refractivity contribution in [3.63, 3.8) is 0 Å². The van der Waals surface area contributed by atoms with Crippen LogP contribution in [-0.2, 0) is 0 Å². The highest BCUT2D eigenvalue weighted by molar-refractivity contribution is 4.86. The second-order valence-electron chi connectivity index (χ2n) is 6.24. The molecule has 96 valence electrons. The topological polar surface area (TPSA) is 18.5 Å². The Morgan fingerprint density at radius 1 is 1.38 bits per heavy atom. The minimum Gasteiger partial charge on any atom is -0.311 e. The van der Waals surface area contributed by atoms with E-state index in [1.54, 1.807) is 0 Å². The molecule has 1 N–H and O–H groups in total. The fourth-order valence-electron chi connectivity index (χ4n) is 2.57. The zero-order chi connectivity index (χ0) is 12.2. The van der Waals surface area contributed by atoms with Crippen molar-refractivity contribution >= 4 is 0 Å². The molecule has 0 aromatic rings. The molecule has 0 aromatic heterocycles. The van der Waals surface area contributed by atoms with E-state index in [1.807, 2.05) is 0 Å². The Labute approximate surface area is 101 Å². The molecule has 1 heterocycles. The van der Waals surface area contributed by atoms with Crippen molar-refractivity contribution in [1.82, 2.24) is 15.1 Å². The van der Waals surface area contributed by atoms with E-state index in [4.69, 9.17) is 0 Å². The predicted octanol–water partition coefficient (Wildman–Crippen LogP) is 1.26. The third kappa shape index (κ3) is 4.81. The van der Waals surface area contributed by atoms with E-state index in [0.29, 0.717) is 11.5 Å². The number of hydrogen-bond donors (Lipinski definition) is 1. The van der Waals surface area contributed by atoms with Crippen LogP contribution in [0.15, 0.2) is 0 Å². The van der Waals surface area contributed by atoms with Crippen LogP contribution in [0, 0.1) is 5.41 Å². The van der Waals surface area contributed by atoms with Crippen molar-refractivity contribution in [2.24, 2.45) is 5.41 Å². The van der Waals surface area contributed by atoms with E-state index < -0.39 is 0 Å². The molecular formula is C13H29N3. The van der Waals surface area contributed by atoms with Crippen molar-refractivity contribution in [1.29, 1.82) is 0 Å². The summed E-state index contributed by atoms with van der Waals surface area (Å²) in [4.78, 5) is 4.90. The summed E-state index contributed by atoms with van der Waals surface area (Å²) in [5.74, 6) is 0. The molecule has 0 aliphatic carbocycles. The van der Waals surface area contributed by atoms with E-state index in [2.05, 4.69) is 50.0 Å². The van der Waals surface area contributed by atoms with Crippen LogP contribution >= 0.6 is 0 Å². The minimum absolute atomic E-state index is 0.399. The lowest BCUT2D eigenvalue weighted by atomic mass is 9.93. The van der Waals surface area contributed by atoms with E-state index in [1.165, 1.54) is 26.1 Å². The fourth-order valence-corrected chi connectivity index (χ4v) is 2.57. The summed E-state index contributed by atoms with van der Waals surface area (Å²) in [6, 6.07) is 0.614. The van der Waals surface area contributed by atoms with Gasteiger partial charge in [0.25, 0.3) is 0 Å². The van der Waals surface area contributed by atoms with Gasteiger partial charge in [0.05, 0.1) is 0 Å². The largest absolute Gasteiger partial charge is 0.311 e. The summed E-state index contributed by atoms with van der Waals surface area (Å²) < 4.78 is 0. The standard InChI is InChI=1S/C13H29N3/c1-6-7-16-9-12(8-15(4)5)14-10-13(2,3)11-16/h12,14H,6-11H2,1-5H3. The first kappa shape index (κ1) is 13.9. The monoisotopic (exact) mass is 227 g/mol. The van der Waals surface area contributed by atoms with Crippen LogP contribution in [0.1, 0.15) is 27.2 Å². The number of rotatable bonds is 4. The van der Waals surface area contributed by atoms with E-state index in [0.717, 1.165) is 13.1 Å². The highest BCUT2D eigenvalue weighted by Crippen LogP contribution is 2.19. The molecule has 0 bridgehead atoms. The molecular weight excluding hydrogens is 198 g/mol. The minimum atomic E-state index is 0.399. The van der Waals surface area contributed by atoms with Gasteiger partial charge in [-0.15, -0.1) is 0 Å². The molecule has 1 rings (SSSR count). The number of nitrogens with one attached hydrogen (secondary N) is 1. The van der Waals surface area contributed by atoms with Gasteiger partial charge in [-0.1, -0.05) is 20.8 Å². The molecule has 0 amide bonds. The van der Waals surface area contributed by atoms with Gasteiger partial charge in [0.2, 0.25) is 0 Å². The summed E-state index contributed by atoms with van der Waals surface area (Å²) in [6.45, 7) is 12.9. The molecule has 3 heteroatoms. The molecule has 1 aliphatic heterocycles. The maximum Gasteiger partial charge on any atom is 0.0322 e. The summed E-state index contributed by atoms with van der Waals surface area (Å²) >= 11 is 0. The van der Waals surface area contributed by atoms with Crippen LogP contribution in [-0.4, -0.2) is 62.7 Å². The summed E-state index contributed by atoms with van der Waals surface area (Å²) in [7, 11) is 4.31. The average molecular weight is 227 g/mol. The molecule has 1 unspecified atom stereocenters. The fraction of sp³-hybridized carbons (Fsp3) is 1.00. The molecule has 0 aromatic carbocycles. The van der Waals surface area contributed by atoms with Crippen LogP contribution in [0.5, 0.6) is 0 Å². The van der Waals surface area contributed by atoms with Crippen LogP contribution in [0.3, 0.4) is 0 Å².